The first-order valence-electron chi connectivity index (χ1n) is 7.60. The van der Waals surface area contributed by atoms with Crippen molar-refractivity contribution in [1.29, 1.82) is 0 Å². The van der Waals surface area contributed by atoms with E-state index in [2.05, 4.69) is 19.2 Å². The van der Waals surface area contributed by atoms with Crippen LogP contribution >= 0.6 is 0 Å². The van der Waals surface area contributed by atoms with Crippen LogP contribution in [0.3, 0.4) is 0 Å². The van der Waals surface area contributed by atoms with Crippen molar-refractivity contribution >= 4 is 5.91 Å². The fraction of sp³-hybridized carbons (Fsp3) is 0.588. The van der Waals surface area contributed by atoms with Gasteiger partial charge >= 0.3 is 0 Å². The number of carbonyl (C=O) groups excluding carboxylic acids is 1. The summed E-state index contributed by atoms with van der Waals surface area (Å²) in [5.41, 5.74) is 7.16. The van der Waals surface area contributed by atoms with Gasteiger partial charge in [0.05, 0.1) is 5.92 Å². The van der Waals surface area contributed by atoms with Gasteiger partial charge in [0.15, 0.2) is 0 Å². The second kappa shape index (κ2) is 8.75. The van der Waals surface area contributed by atoms with Gasteiger partial charge in [0.2, 0.25) is 5.91 Å². The van der Waals surface area contributed by atoms with Gasteiger partial charge in [0, 0.05) is 12.6 Å². The summed E-state index contributed by atoms with van der Waals surface area (Å²) in [6.07, 6.45) is 3.42. The highest BCUT2D eigenvalue weighted by molar-refractivity contribution is 5.79. The minimum absolute atomic E-state index is 0.0471. The van der Waals surface area contributed by atoms with Gasteiger partial charge in [-0.2, -0.15) is 0 Å². The summed E-state index contributed by atoms with van der Waals surface area (Å²) in [4.78, 5) is 12.1. The van der Waals surface area contributed by atoms with Crippen LogP contribution in [0.5, 0.6) is 0 Å². The second-order valence-electron chi connectivity index (χ2n) is 5.91. The van der Waals surface area contributed by atoms with Crippen LogP contribution in [0.1, 0.15) is 51.6 Å². The molecular weight excluding hydrogens is 248 g/mol. The Bertz CT molecular complexity index is 389. The van der Waals surface area contributed by atoms with E-state index < -0.39 is 0 Å². The van der Waals surface area contributed by atoms with Crippen molar-refractivity contribution in [2.24, 2.45) is 17.6 Å². The van der Waals surface area contributed by atoms with Crippen LogP contribution in [0.4, 0.5) is 0 Å². The molecular formula is C17H28N2O. The van der Waals surface area contributed by atoms with Crippen molar-refractivity contribution in [2.75, 3.05) is 6.54 Å². The normalized spacial score (nSPS) is 14.1. The summed E-state index contributed by atoms with van der Waals surface area (Å²) in [7, 11) is 0. The molecule has 0 fully saturated rings. The smallest absolute Gasteiger partial charge is 0.224 e. The van der Waals surface area contributed by atoms with Crippen LogP contribution in [0.2, 0.25) is 0 Å². The van der Waals surface area contributed by atoms with E-state index in [-0.39, 0.29) is 17.9 Å². The largest absolute Gasteiger partial charge is 0.356 e. The SMILES string of the molecule is CC(C)CCCCNC(=O)C(C)C(N)c1ccccc1. The molecule has 1 aromatic carbocycles. The van der Waals surface area contributed by atoms with E-state index in [0.717, 1.165) is 30.9 Å². The molecule has 0 spiro atoms. The van der Waals surface area contributed by atoms with Crippen LogP contribution in [0.15, 0.2) is 30.3 Å². The van der Waals surface area contributed by atoms with Gasteiger partial charge in [-0.3, -0.25) is 4.79 Å². The molecule has 3 nitrogen and oxygen atoms in total. The lowest BCUT2D eigenvalue weighted by molar-refractivity contribution is -0.125. The lowest BCUT2D eigenvalue weighted by Crippen LogP contribution is -2.36. The van der Waals surface area contributed by atoms with Gasteiger partial charge in [0.25, 0.3) is 0 Å². The third-order valence-corrected chi connectivity index (χ3v) is 3.64. The van der Waals surface area contributed by atoms with Gasteiger partial charge < -0.3 is 11.1 Å². The number of amides is 1. The predicted octanol–water partition coefficient (Wildman–Crippen LogP) is 3.27. The van der Waals surface area contributed by atoms with Crippen molar-refractivity contribution in [2.45, 2.75) is 46.1 Å². The van der Waals surface area contributed by atoms with E-state index in [9.17, 15) is 4.79 Å². The maximum absolute atomic E-state index is 12.1. The molecule has 0 aromatic heterocycles. The van der Waals surface area contributed by atoms with Crippen LogP contribution in [-0.2, 0) is 4.79 Å². The van der Waals surface area contributed by atoms with E-state index in [1.54, 1.807) is 0 Å². The van der Waals surface area contributed by atoms with Crippen molar-refractivity contribution < 1.29 is 4.79 Å². The fourth-order valence-electron chi connectivity index (χ4n) is 2.18. The lowest BCUT2D eigenvalue weighted by atomic mass is 9.94. The van der Waals surface area contributed by atoms with E-state index >= 15 is 0 Å². The highest BCUT2D eigenvalue weighted by Crippen LogP contribution is 2.19. The van der Waals surface area contributed by atoms with E-state index in [4.69, 9.17) is 5.73 Å². The quantitative estimate of drug-likeness (QED) is 0.716. The number of carbonyl (C=O) groups is 1. The summed E-state index contributed by atoms with van der Waals surface area (Å²) in [5.74, 6) is 0.574. The Morgan fingerprint density at radius 2 is 1.80 bits per heavy atom. The average Bonchev–Trinajstić information content (AvgIpc) is 2.45. The predicted molar refractivity (Wildman–Crippen MR) is 84.2 cm³/mol. The van der Waals surface area contributed by atoms with E-state index in [1.165, 1.54) is 6.42 Å². The summed E-state index contributed by atoms with van der Waals surface area (Å²) in [6.45, 7) is 7.08. The van der Waals surface area contributed by atoms with Crippen molar-refractivity contribution in [3.63, 3.8) is 0 Å². The second-order valence-corrected chi connectivity index (χ2v) is 5.91. The van der Waals surface area contributed by atoms with Crippen LogP contribution in [0.25, 0.3) is 0 Å². The third-order valence-electron chi connectivity index (χ3n) is 3.64. The summed E-state index contributed by atoms with van der Waals surface area (Å²) in [5, 5.41) is 2.99. The molecule has 112 valence electrons. The first-order valence-corrected chi connectivity index (χ1v) is 7.60. The summed E-state index contributed by atoms with van der Waals surface area (Å²) >= 11 is 0. The molecule has 1 amide bonds. The Labute approximate surface area is 122 Å². The standard InChI is InChI=1S/C17H28N2O/c1-13(2)9-7-8-12-19-17(20)14(3)16(18)15-10-5-4-6-11-15/h4-6,10-11,13-14,16H,7-9,12,18H2,1-3H3,(H,19,20). The molecule has 0 saturated carbocycles. The van der Waals surface area contributed by atoms with Gasteiger partial charge in [-0.05, 0) is 17.9 Å². The Morgan fingerprint density at radius 3 is 2.40 bits per heavy atom. The molecule has 0 radical (unpaired) electrons. The Balaban J connectivity index is 2.32. The Morgan fingerprint density at radius 1 is 1.15 bits per heavy atom. The maximum Gasteiger partial charge on any atom is 0.224 e. The zero-order valence-corrected chi connectivity index (χ0v) is 12.9. The molecule has 1 rings (SSSR count). The highest BCUT2D eigenvalue weighted by atomic mass is 16.1. The summed E-state index contributed by atoms with van der Waals surface area (Å²) in [6, 6.07) is 9.55. The fourth-order valence-corrected chi connectivity index (χ4v) is 2.18. The molecule has 0 heterocycles. The average molecular weight is 276 g/mol. The van der Waals surface area contributed by atoms with Crippen molar-refractivity contribution in [1.82, 2.24) is 5.32 Å². The zero-order chi connectivity index (χ0) is 15.0. The molecule has 2 unspecified atom stereocenters. The molecule has 20 heavy (non-hydrogen) atoms. The molecule has 2 atom stereocenters. The van der Waals surface area contributed by atoms with Gasteiger partial charge in [-0.15, -0.1) is 0 Å². The molecule has 0 saturated heterocycles. The molecule has 0 aliphatic carbocycles. The minimum atomic E-state index is -0.244. The Kier molecular flexibility index (Phi) is 7.31. The van der Waals surface area contributed by atoms with E-state index in [0.29, 0.717) is 0 Å². The number of nitrogens with two attached hydrogens (primary N) is 1. The summed E-state index contributed by atoms with van der Waals surface area (Å²) < 4.78 is 0. The zero-order valence-electron chi connectivity index (χ0n) is 12.9. The number of hydrogen-bond donors (Lipinski definition) is 2. The third kappa shape index (κ3) is 5.74. The highest BCUT2D eigenvalue weighted by Gasteiger charge is 2.21. The lowest BCUT2D eigenvalue weighted by Gasteiger charge is -2.19. The van der Waals surface area contributed by atoms with Crippen LogP contribution in [-0.4, -0.2) is 12.5 Å². The minimum Gasteiger partial charge on any atom is -0.356 e. The maximum atomic E-state index is 12.1. The first kappa shape index (κ1) is 16.7. The number of benzene rings is 1. The molecule has 3 N–H and O–H groups in total. The Hall–Kier alpha value is -1.35. The monoisotopic (exact) mass is 276 g/mol. The molecule has 3 heteroatoms. The molecule has 0 aliphatic rings. The molecule has 1 aromatic rings. The molecule has 0 bridgehead atoms. The van der Waals surface area contributed by atoms with Gasteiger partial charge in [-0.25, -0.2) is 0 Å². The number of unbranched alkanes of at least 4 members (excludes halogenated alkanes) is 1. The van der Waals surface area contributed by atoms with Gasteiger partial charge in [-0.1, -0.05) is 63.9 Å². The van der Waals surface area contributed by atoms with Crippen molar-refractivity contribution in [3.8, 4) is 0 Å². The number of nitrogens with one attached hydrogen (secondary N) is 1. The topological polar surface area (TPSA) is 55.1 Å². The molecule has 0 aliphatic heterocycles. The van der Waals surface area contributed by atoms with Crippen LogP contribution in [0, 0.1) is 11.8 Å². The first-order chi connectivity index (χ1) is 9.52. The van der Waals surface area contributed by atoms with E-state index in [1.807, 2.05) is 37.3 Å². The van der Waals surface area contributed by atoms with Crippen molar-refractivity contribution in [3.05, 3.63) is 35.9 Å². The van der Waals surface area contributed by atoms with Gasteiger partial charge in [0.1, 0.15) is 0 Å². The number of rotatable bonds is 8. The number of hydrogen-bond acceptors (Lipinski definition) is 2. The van der Waals surface area contributed by atoms with Crippen LogP contribution < -0.4 is 11.1 Å².